The van der Waals surface area contributed by atoms with Gasteiger partial charge in [0.05, 0.1) is 6.54 Å². The van der Waals surface area contributed by atoms with Gasteiger partial charge in [0.2, 0.25) is 0 Å². The summed E-state index contributed by atoms with van der Waals surface area (Å²) >= 11 is 0. The Morgan fingerprint density at radius 2 is 2.00 bits per heavy atom. The lowest BCUT2D eigenvalue weighted by molar-refractivity contribution is 0.0591. The summed E-state index contributed by atoms with van der Waals surface area (Å²) in [6.07, 6.45) is 2.50. The van der Waals surface area contributed by atoms with E-state index in [1.807, 2.05) is 46.0 Å². The Hall–Kier alpha value is -2.30. The molecule has 0 N–H and O–H groups in total. The summed E-state index contributed by atoms with van der Waals surface area (Å²) in [6.45, 7) is 5.09. The minimum atomic E-state index is 0.110. The molecule has 1 aliphatic heterocycles. The van der Waals surface area contributed by atoms with Crippen LogP contribution in [0.1, 0.15) is 35.9 Å². The summed E-state index contributed by atoms with van der Waals surface area (Å²) in [5.74, 6) is 2.43. The third kappa shape index (κ3) is 3.03. The van der Waals surface area contributed by atoms with Crippen molar-refractivity contribution in [3.8, 4) is 5.75 Å². The zero-order chi connectivity index (χ0) is 16.5. The molecule has 0 bridgehead atoms. The van der Waals surface area contributed by atoms with E-state index in [0.717, 1.165) is 37.0 Å². The number of ether oxygens (including phenoxy) is 1. The van der Waals surface area contributed by atoms with Crippen molar-refractivity contribution in [1.29, 1.82) is 0 Å². The molecule has 24 heavy (non-hydrogen) atoms. The van der Waals surface area contributed by atoms with E-state index >= 15 is 0 Å². The van der Waals surface area contributed by atoms with E-state index in [1.165, 1.54) is 12.8 Å². The van der Waals surface area contributed by atoms with Crippen LogP contribution < -0.4 is 4.74 Å². The number of amides is 1. The average molecular weight is 325 g/mol. The minimum Gasteiger partial charge on any atom is -0.487 e. The summed E-state index contributed by atoms with van der Waals surface area (Å²) in [5.41, 5.74) is 1.50. The number of fused-ring (bicyclic) bond motifs is 1. The number of hydrogen-bond donors (Lipinski definition) is 0. The van der Waals surface area contributed by atoms with Gasteiger partial charge in [-0.1, -0.05) is 25.1 Å². The van der Waals surface area contributed by atoms with Crippen LogP contribution in [-0.2, 0) is 13.2 Å². The number of aromatic nitrogens is 2. The third-order valence-corrected chi connectivity index (χ3v) is 5.00. The highest BCUT2D eigenvalue weighted by Gasteiger charge is 2.32. The number of hydrogen-bond acceptors (Lipinski definition) is 3. The molecule has 0 saturated heterocycles. The maximum atomic E-state index is 12.7. The van der Waals surface area contributed by atoms with Crippen LogP contribution in [0.2, 0.25) is 0 Å². The molecule has 0 radical (unpaired) electrons. The molecule has 1 fully saturated rings. The topological polar surface area (TPSA) is 47.4 Å². The summed E-state index contributed by atoms with van der Waals surface area (Å²) in [7, 11) is 0. The van der Waals surface area contributed by atoms with Crippen molar-refractivity contribution in [2.45, 2.75) is 32.9 Å². The van der Waals surface area contributed by atoms with Crippen LogP contribution in [0, 0.1) is 11.8 Å². The van der Waals surface area contributed by atoms with Gasteiger partial charge in [0, 0.05) is 13.1 Å². The van der Waals surface area contributed by atoms with Crippen molar-refractivity contribution < 1.29 is 9.53 Å². The SMILES string of the molecule is CC1CC(CN2CCn3nc(COc4ccccc4)cc3C2=O)C1. The fourth-order valence-corrected chi connectivity index (χ4v) is 3.74. The Morgan fingerprint density at radius 3 is 2.75 bits per heavy atom. The first-order chi connectivity index (χ1) is 11.7. The molecule has 4 rings (SSSR count). The zero-order valence-corrected chi connectivity index (χ0v) is 14.0. The van der Waals surface area contributed by atoms with Crippen LogP contribution in [0.25, 0.3) is 0 Å². The van der Waals surface area contributed by atoms with Crippen LogP contribution in [-0.4, -0.2) is 33.7 Å². The largest absolute Gasteiger partial charge is 0.487 e. The van der Waals surface area contributed by atoms with Crippen molar-refractivity contribution in [3.05, 3.63) is 47.8 Å². The van der Waals surface area contributed by atoms with Crippen LogP contribution >= 0.6 is 0 Å². The number of carbonyl (C=O) groups is 1. The number of rotatable bonds is 5. The van der Waals surface area contributed by atoms with E-state index in [-0.39, 0.29) is 5.91 Å². The first kappa shape index (κ1) is 15.2. The van der Waals surface area contributed by atoms with Gasteiger partial charge in [-0.25, -0.2) is 0 Å². The minimum absolute atomic E-state index is 0.110. The normalized spacial score (nSPS) is 22.9. The number of benzene rings is 1. The molecule has 0 unspecified atom stereocenters. The molecule has 126 valence electrons. The number of para-hydroxylation sites is 1. The molecule has 1 amide bonds. The van der Waals surface area contributed by atoms with Crippen LogP contribution in [0.5, 0.6) is 5.75 Å². The van der Waals surface area contributed by atoms with Crippen LogP contribution in [0.15, 0.2) is 36.4 Å². The second kappa shape index (κ2) is 6.30. The first-order valence-corrected chi connectivity index (χ1v) is 8.73. The van der Waals surface area contributed by atoms with E-state index < -0.39 is 0 Å². The van der Waals surface area contributed by atoms with Gasteiger partial charge in [-0.05, 0) is 42.9 Å². The molecule has 1 aliphatic carbocycles. The van der Waals surface area contributed by atoms with Crippen molar-refractivity contribution in [1.82, 2.24) is 14.7 Å². The second-order valence-electron chi connectivity index (χ2n) is 7.04. The maximum absolute atomic E-state index is 12.7. The van der Waals surface area contributed by atoms with Gasteiger partial charge < -0.3 is 9.64 Å². The number of nitrogens with zero attached hydrogens (tertiary/aromatic N) is 3. The van der Waals surface area contributed by atoms with E-state index in [4.69, 9.17) is 4.74 Å². The lowest BCUT2D eigenvalue weighted by atomic mass is 9.76. The van der Waals surface area contributed by atoms with Gasteiger partial charge in [0.15, 0.2) is 0 Å². The average Bonchev–Trinajstić information content (AvgIpc) is 2.99. The molecule has 1 aromatic heterocycles. The Morgan fingerprint density at radius 1 is 1.21 bits per heavy atom. The molecule has 2 aromatic rings. The highest BCUT2D eigenvalue weighted by Crippen LogP contribution is 2.34. The van der Waals surface area contributed by atoms with E-state index in [9.17, 15) is 4.79 Å². The predicted octanol–water partition coefficient (Wildman–Crippen LogP) is 2.96. The van der Waals surface area contributed by atoms with Gasteiger partial charge >= 0.3 is 0 Å². The Labute approximate surface area is 142 Å². The molecule has 2 aliphatic rings. The van der Waals surface area contributed by atoms with Gasteiger partial charge in [-0.3, -0.25) is 9.48 Å². The molecule has 1 saturated carbocycles. The van der Waals surface area contributed by atoms with E-state index in [1.54, 1.807) is 0 Å². The monoisotopic (exact) mass is 325 g/mol. The van der Waals surface area contributed by atoms with Crippen LogP contribution in [0.4, 0.5) is 0 Å². The van der Waals surface area contributed by atoms with Crippen molar-refractivity contribution >= 4 is 5.91 Å². The van der Waals surface area contributed by atoms with Crippen molar-refractivity contribution in [3.63, 3.8) is 0 Å². The highest BCUT2D eigenvalue weighted by molar-refractivity contribution is 5.93. The summed E-state index contributed by atoms with van der Waals surface area (Å²) < 4.78 is 7.56. The lowest BCUT2D eigenvalue weighted by Gasteiger charge is -2.38. The molecular formula is C19H23N3O2. The summed E-state index contributed by atoms with van der Waals surface area (Å²) in [5, 5.41) is 4.52. The fraction of sp³-hybridized carbons (Fsp3) is 0.474. The zero-order valence-electron chi connectivity index (χ0n) is 14.0. The van der Waals surface area contributed by atoms with E-state index in [2.05, 4.69) is 12.0 Å². The number of carbonyl (C=O) groups excluding carboxylic acids is 1. The molecule has 0 atom stereocenters. The lowest BCUT2D eigenvalue weighted by Crippen LogP contribution is -2.44. The third-order valence-electron chi connectivity index (χ3n) is 5.00. The predicted molar refractivity (Wildman–Crippen MR) is 90.8 cm³/mol. The Bertz CT molecular complexity index is 719. The Kier molecular flexibility index (Phi) is 4.00. The molecule has 5 heteroatoms. The molecule has 1 aromatic carbocycles. The van der Waals surface area contributed by atoms with Gasteiger partial charge in [-0.15, -0.1) is 0 Å². The smallest absolute Gasteiger partial charge is 0.272 e. The van der Waals surface area contributed by atoms with Gasteiger partial charge in [-0.2, -0.15) is 5.10 Å². The first-order valence-electron chi connectivity index (χ1n) is 8.73. The quantitative estimate of drug-likeness (QED) is 0.849. The van der Waals surface area contributed by atoms with Gasteiger partial charge in [0.1, 0.15) is 23.7 Å². The fourth-order valence-electron chi connectivity index (χ4n) is 3.74. The Balaban J connectivity index is 1.40. The highest BCUT2D eigenvalue weighted by atomic mass is 16.5. The molecule has 0 spiro atoms. The van der Waals surface area contributed by atoms with E-state index in [0.29, 0.717) is 18.2 Å². The molecule has 2 heterocycles. The van der Waals surface area contributed by atoms with Crippen LogP contribution in [0.3, 0.4) is 0 Å². The van der Waals surface area contributed by atoms with Gasteiger partial charge in [0.25, 0.3) is 5.91 Å². The van der Waals surface area contributed by atoms with Crippen molar-refractivity contribution in [2.24, 2.45) is 11.8 Å². The standard InChI is InChI=1S/C19H23N3O2/c1-14-9-15(10-14)12-21-7-8-22-18(19(21)23)11-16(20-22)13-24-17-5-3-2-4-6-17/h2-6,11,14-15H,7-10,12-13H2,1H3. The van der Waals surface area contributed by atoms with Crippen molar-refractivity contribution in [2.75, 3.05) is 13.1 Å². The second-order valence-corrected chi connectivity index (χ2v) is 7.04. The molecule has 5 nitrogen and oxygen atoms in total. The summed E-state index contributed by atoms with van der Waals surface area (Å²) in [6, 6.07) is 11.6. The molecular weight excluding hydrogens is 302 g/mol. The summed E-state index contributed by atoms with van der Waals surface area (Å²) in [4.78, 5) is 14.7. The maximum Gasteiger partial charge on any atom is 0.272 e.